The first-order valence-corrected chi connectivity index (χ1v) is 17.8. The van der Waals surface area contributed by atoms with Crippen molar-refractivity contribution in [1.82, 2.24) is 0 Å². The molecule has 0 aromatic rings. The normalized spacial score (nSPS) is 42.3. The molecule has 14 unspecified atom stereocenters. The summed E-state index contributed by atoms with van der Waals surface area (Å²) in [6.45, 7) is 8.31. The van der Waals surface area contributed by atoms with Crippen LogP contribution in [0.3, 0.4) is 0 Å². The van der Waals surface area contributed by atoms with Gasteiger partial charge in [0.25, 0.3) is 0 Å². The highest BCUT2D eigenvalue weighted by Gasteiger charge is 2.69. The standard InChI is InChI=1S/C36H52O15/c1-17(37)46-16-26(42)36(44)13-11-24-23-9-8-21-14-22(10-12-34(21,5)27(23)25(41)15-35(24,36)6)50-33-31(49-20(4)40)29(48-19(3)39)28(47-18(2)38)30(51-33)32(43)45-7/h21-24,26-31,33,42,44H,8-16H2,1-7H3. The van der Waals surface area contributed by atoms with Crippen LogP contribution in [0.1, 0.15) is 92.9 Å². The Morgan fingerprint density at radius 3 is 2.10 bits per heavy atom. The van der Waals surface area contributed by atoms with Gasteiger partial charge >= 0.3 is 29.8 Å². The third-order valence-corrected chi connectivity index (χ3v) is 12.7. The summed E-state index contributed by atoms with van der Waals surface area (Å²) >= 11 is 0. The molecule has 5 fully saturated rings. The van der Waals surface area contributed by atoms with E-state index in [1.165, 1.54) is 6.92 Å². The topological polar surface area (TPSA) is 207 Å². The Morgan fingerprint density at radius 2 is 1.49 bits per heavy atom. The summed E-state index contributed by atoms with van der Waals surface area (Å²) in [5.74, 6) is -3.95. The van der Waals surface area contributed by atoms with Gasteiger partial charge in [0.2, 0.25) is 0 Å². The van der Waals surface area contributed by atoms with E-state index in [1.807, 2.05) is 6.92 Å². The molecule has 4 saturated carbocycles. The molecular weight excluding hydrogens is 672 g/mol. The molecule has 0 aromatic carbocycles. The number of Topliss-reactive ketones (excluding diaryl/α,β-unsaturated/α-hetero) is 1. The zero-order chi connectivity index (χ0) is 37.6. The Kier molecular flexibility index (Phi) is 11.3. The van der Waals surface area contributed by atoms with Crippen molar-refractivity contribution >= 4 is 35.6 Å². The second kappa shape index (κ2) is 14.7. The van der Waals surface area contributed by atoms with Gasteiger partial charge in [-0.3, -0.25) is 24.0 Å². The highest BCUT2D eigenvalue weighted by Crippen LogP contribution is 2.68. The Bertz CT molecular complexity index is 1400. The second-order valence-corrected chi connectivity index (χ2v) is 15.6. The number of carbonyl (C=O) groups is 6. The third kappa shape index (κ3) is 7.15. The lowest BCUT2D eigenvalue weighted by Gasteiger charge is -2.61. The van der Waals surface area contributed by atoms with Gasteiger partial charge in [0.05, 0.1) is 18.8 Å². The first-order valence-electron chi connectivity index (χ1n) is 17.8. The molecule has 286 valence electrons. The number of carbonyl (C=O) groups excluding carboxylic acids is 6. The Labute approximate surface area is 297 Å². The quantitative estimate of drug-likeness (QED) is 0.198. The number of hydrogen-bond acceptors (Lipinski definition) is 15. The second-order valence-electron chi connectivity index (χ2n) is 15.6. The minimum atomic E-state index is -1.57. The van der Waals surface area contributed by atoms with E-state index in [1.54, 1.807) is 0 Å². The van der Waals surface area contributed by atoms with Crippen LogP contribution in [0.2, 0.25) is 0 Å². The molecule has 0 aromatic heterocycles. The van der Waals surface area contributed by atoms with Gasteiger partial charge in [-0.25, -0.2) is 4.79 Å². The predicted octanol–water partition coefficient (Wildman–Crippen LogP) is 1.94. The molecule has 1 saturated heterocycles. The predicted molar refractivity (Wildman–Crippen MR) is 172 cm³/mol. The number of aliphatic hydroxyl groups is 2. The Morgan fingerprint density at radius 1 is 0.863 bits per heavy atom. The summed E-state index contributed by atoms with van der Waals surface area (Å²) in [4.78, 5) is 75.0. The number of esters is 5. The summed E-state index contributed by atoms with van der Waals surface area (Å²) in [5, 5.41) is 22.9. The lowest BCUT2D eigenvalue weighted by molar-refractivity contribution is -0.314. The van der Waals surface area contributed by atoms with Crippen LogP contribution in [0.25, 0.3) is 0 Å². The zero-order valence-electron chi connectivity index (χ0n) is 30.4. The lowest BCUT2D eigenvalue weighted by Crippen LogP contribution is -2.65. The molecular formula is C36H52O15. The van der Waals surface area contributed by atoms with Crippen LogP contribution >= 0.6 is 0 Å². The molecule has 0 amide bonds. The third-order valence-electron chi connectivity index (χ3n) is 12.7. The number of rotatable bonds is 9. The molecule has 0 radical (unpaired) electrons. The molecule has 0 bridgehead atoms. The average molecular weight is 725 g/mol. The smallest absolute Gasteiger partial charge is 0.339 e. The molecule has 4 aliphatic carbocycles. The van der Waals surface area contributed by atoms with Crippen LogP contribution in [-0.4, -0.2) is 108 Å². The maximum absolute atomic E-state index is 14.2. The van der Waals surface area contributed by atoms with Crippen LogP contribution in [0.5, 0.6) is 0 Å². The number of aliphatic hydroxyl groups excluding tert-OH is 1. The zero-order valence-corrected chi connectivity index (χ0v) is 30.4. The van der Waals surface area contributed by atoms with Crippen molar-refractivity contribution in [2.45, 2.75) is 141 Å². The van der Waals surface area contributed by atoms with E-state index in [0.717, 1.165) is 40.7 Å². The number of hydrogen-bond donors (Lipinski definition) is 2. The van der Waals surface area contributed by atoms with Crippen LogP contribution in [-0.2, 0) is 61.9 Å². The molecule has 1 aliphatic heterocycles. The number of ether oxygens (including phenoxy) is 7. The Balaban J connectivity index is 1.35. The van der Waals surface area contributed by atoms with Crippen LogP contribution in [0.15, 0.2) is 0 Å². The molecule has 15 heteroatoms. The van der Waals surface area contributed by atoms with Crippen LogP contribution in [0, 0.1) is 34.5 Å². The number of ketones is 1. The van der Waals surface area contributed by atoms with Crippen molar-refractivity contribution in [2.24, 2.45) is 34.5 Å². The minimum Gasteiger partial charge on any atom is -0.467 e. The largest absolute Gasteiger partial charge is 0.467 e. The summed E-state index contributed by atoms with van der Waals surface area (Å²) in [5.41, 5.74) is -2.83. The van der Waals surface area contributed by atoms with E-state index in [-0.39, 0.29) is 47.9 Å². The van der Waals surface area contributed by atoms with Gasteiger partial charge in [-0.1, -0.05) is 13.8 Å². The minimum absolute atomic E-state index is 0.00320. The van der Waals surface area contributed by atoms with Crippen LogP contribution in [0.4, 0.5) is 0 Å². The fourth-order valence-corrected chi connectivity index (χ4v) is 10.5. The summed E-state index contributed by atoms with van der Waals surface area (Å²) in [7, 11) is 1.12. The van der Waals surface area contributed by atoms with E-state index in [9.17, 15) is 39.0 Å². The molecule has 2 N–H and O–H groups in total. The Hall–Kier alpha value is -3.14. The summed E-state index contributed by atoms with van der Waals surface area (Å²) < 4.78 is 38.8. The number of fused-ring (bicyclic) bond motifs is 5. The van der Waals surface area contributed by atoms with Gasteiger partial charge in [-0.05, 0) is 68.1 Å². The monoisotopic (exact) mass is 724 g/mol. The molecule has 15 nitrogen and oxygen atoms in total. The molecule has 51 heavy (non-hydrogen) atoms. The fourth-order valence-electron chi connectivity index (χ4n) is 10.5. The lowest BCUT2D eigenvalue weighted by atomic mass is 9.44. The molecule has 14 atom stereocenters. The first-order chi connectivity index (χ1) is 23.9. The maximum atomic E-state index is 14.2. The summed E-state index contributed by atoms with van der Waals surface area (Å²) in [6.07, 6.45) is -4.87. The van der Waals surface area contributed by atoms with Gasteiger partial charge in [0.15, 0.2) is 30.7 Å². The molecule has 1 heterocycles. The van der Waals surface area contributed by atoms with Crippen molar-refractivity contribution in [2.75, 3.05) is 13.7 Å². The molecule has 5 rings (SSSR count). The molecule has 0 spiro atoms. The molecule has 5 aliphatic rings. The van der Waals surface area contributed by atoms with E-state index in [4.69, 9.17) is 33.2 Å². The van der Waals surface area contributed by atoms with Crippen molar-refractivity contribution in [1.29, 1.82) is 0 Å². The van der Waals surface area contributed by atoms with E-state index >= 15 is 0 Å². The van der Waals surface area contributed by atoms with Gasteiger partial charge in [0, 0.05) is 45.4 Å². The summed E-state index contributed by atoms with van der Waals surface area (Å²) in [6, 6.07) is 0. The van der Waals surface area contributed by atoms with Crippen molar-refractivity contribution in [3.63, 3.8) is 0 Å². The SMILES string of the molecule is COC(=O)C1OC(OC2CCC3(C)C(CCC4C3C(=O)CC3(C)C4CCC3(O)C(O)COC(C)=O)C2)C(OC(C)=O)C(OC(C)=O)C1OC(C)=O. The average Bonchev–Trinajstić information content (AvgIpc) is 3.31. The highest BCUT2D eigenvalue weighted by molar-refractivity contribution is 5.84. The van der Waals surface area contributed by atoms with E-state index in [0.29, 0.717) is 32.1 Å². The maximum Gasteiger partial charge on any atom is 0.339 e. The van der Waals surface area contributed by atoms with Crippen molar-refractivity contribution < 1.29 is 72.1 Å². The van der Waals surface area contributed by atoms with Gasteiger partial charge < -0.3 is 43.4 Å². The van der Waals surface area contributed by atoms with Gasteiger partial charge in [-0.15, -0.1) is 0 Å². The van der Waals surface area contributed by atoms with Gasteiger partial charge in [-0.2, -0.15) is 0 Å². The number of methoxy groups -OCH3 is 1. The van der Waals surface area contributed by atoms with Crippen molar-refractivity contribution in [3.8, 4) is 0 Å². The fraction of sp³-hybridized carbons (Fsp3) is 0.833. The van der Waals surface area contributed by atoms with E-state index < -0.39 is 83.8 Å². The van der Waals surface area contributed by atoms with Gasteiger partial charge in [0.1, 0.15) is 18.5 Å². The highest BCUT2D eigenvalue weighted by atomic mass is 16.7. The van der Waals surface area contributed by atoms with Crippen LogP contribution < -0.4 is 0 Å². The van der Waals surface area contributed by atoms with E-state index in [2.05, 4.69) is 6.92 Å². The van der Waals surface area contributed by atoms with Crippen molar-refractivity contribution in [3.05, 3.63) is 0 Å². The first kappa shape index (κ1) is 39.1.